The van der Waals surface area contributed by atoms with Crippen molar-refractivity contribution in [2.24, 2.45) is 0 Å². The van der Waals surface area contributed by atoms with Crippen molar-refractivity contribution in [3.8, 4) is 0 Å². The van der Waals surface area contributed by atoms with Gasteiger partial charge in [0.1, 0.15) is 5.82 Å². The topological polar surface area (TPSA) is 18.5 Å². The Balaban J connectivity index is 2.51. The minimum Gasteiger partial charge on any atom is -0.385 e. The SMILES string of the molecule is COCCCOC(CI)c1ccccc1F. The smallest absolute Gasteiger partial charge is 0.129 e. The number of benzene rings is 1. The lowest BCUT2D eigenvalue weighted by molar-refractivity contribution is 0.0522. The van der Waals surface area contributed by atoms with E-state index < -0.39 is 0 Å². The summed E-state index contributed by atoms with van der Waals surface area (Å²) in [4.78, 5) is 0. The fourth-order valence-corrected chi connectivity index (χ4v) is 2.11. The highest BCUT2D eigenvalue weighted by atomic mass is 127. The second-order valence-corrected chi connectivity index (χ2v) is 4.26. The molecule has 1 unspecified atom stereocenters. The first-order valence-electron chi connectivity index (χ1n) is 5.20. The lowest BCUT2D eigenvalue weighted by atomic mass is 10.1. The van der Waals surface area contributed by atoms with E-state index in [0.29, 0.717) is 18.8 Å². The molecule has 0 bridgehead atoms. The molecule has 0 N–H and O–H groups in total. The van der Waals surface area contributed by atoms with Crippen LogP contribution in [0.25, 0.3) is 0 Å². The van der Waals surface area contributed by atoms with Crippen molar-refractivity contribution < 1.29 is 13.9 Å². The van der Waals surface area contributed by atoms with Crippen molar-refractivity contribution in [1.29, 1.82) is 0 Å². The van der Waals surface area contributed by atoms with Gasteiger partial charge < -0.3 is 9.47 Å². The molecular weight excluding hydrogens is 322 g/mol. The van der Waals surface area contributed by atoms with Crippen molar-refractivity contribution in [1.82, 2.24) is 0 Å². The van der Waals surface area contributed by atoms with Gasteiger partial charge in [-0.2, -0.15) is 0 Å². The Bertz CT molecular complexity index is 307. The van der Waals surface area contributed by atoms with Gasteiger partial charge in [-0.25, -0.2) is 4.39 Å². The quantitative estimate of drug-likeness (QED) is 0.431. The van der Waals surface area contributed by atoms with Crippen LogP contribution in [0.15, 0.2) is 24.3 Å². The van der Waals surface area contributed by atoms with Crippen molar-refractivity contribution in [3.05, 3.63) is 35.6 Å². The van der Waals surface area contributed by atoms with Gasteiger partial charge in [0.2, 0.25) is 0 Å². The molecule has 4 heteroatoms. The summed E-state index contributed by atoms with van der Waals surface area (Å²) in [6.07, 6.45) is 0.664. The minimum absolute atomic E-state index is 0.168. The molecule has 1 aromatic rings. The zero-order chi connectivity index (χ0) is 11.8. The van der Waals surface area contributed by atoms with Crippen LogP contribution < -0.4 is 0 Å². The maximum absolute atomic E-state index is 13.5. The predicted molar refractivity (Wildman–Crippen MR) is 70.5 cm³/mol. The fraction of sp³-hybridized carbons (Fsp3) is 0.500. The van der Waals surface area contributed by atoms with E-state index in [1.54, 1.807) is 19.2 Å². The molecule has 0 aliphatic rings. The van der Waals surface area contributed by atoms with Gasteiger partial charge in [0, 0.05) is 30.3 Å². The molecule has 2 nitrogen and oxygen atoms in total. The molecule has 90 valence electrons. The van der Waals surface area contributed by atoms with E-state index in [2.05, 4.69) is 22.6 Å². The highest BCUT2D eigenvalue weighted by Crippen LogP contribution is 2.22. The molecule has 1 rings (SSSR count). The molecule has 0 saturated heterocycles. The van der Waals surface area contributed by atoms with Gasteiger partial charge in [0.15, 0.2) is 0 Å². The van der Waals surface area contributed by atoms with Crippen LogP contribution in [0.4, 0.5) is 4.39 Å². The number of halogens is 2. The van der Waals surface area contributed by atoms with Gasteiger partial charge in [-0.1, -0.05) is 40.8 Å². The van der Waals surface area contributed by atoms with Gasteiger partial charge in [0.05, 0.1) is 6.10 Å². The first kappa shape index (κ1) is 13.9. The molecule has 0 aliphatic carbocycles. The van der Waals surface area contributed by atoms with Crippen molar-refractivity contribution in [2.75, 3.05) is 24.8 Å². The van der Waals surface area contributed by atoms with Crippen LogP contribution in [-0.2, 0) is 9.47 Å². The van der Waals surface area contributed by atoms with Gasteiger partial charge >= 0.3 is 0 Å². The summed E-state index contributed by atoms with van der Waals surface area (Å²) in [7, 11) is 1.66. The Morgan fingerprint density at radius 2 is 2.06 bits per heavy atom. The number of hydrogen-bond acceptors (Lipinski definition) is 2. The summed E-state index contributed by atoms with van der Waals surface area (Å²) in [6, 6.07) is 6.76. The molecule has 0 aliphatic heterocycles. The van der Waals surface area contributed by atoms with E-state index in [4.69, 9.17) is 9.47 Å². The van der Waals surface area contributed by atoms with Crippen molar-refractivity contribution in [3.63, 3.8) is 0 Å². The Morgan fingerprint density at radius 3 is 2.69 bits per heavy atom. The second kappa shape index (κ2) is 7.97. The first-order valence-corrected chi connectivity index (χ1v) is 6.73. The average molecular weight is 338 g/mol. The zero-order valence-electron chi connectivity index (χ0n) is 9.29. The minimum atomic E-state index is -0.198. The van der Waals surface area contributed by atoms with E-state index >= 15 is 0 Å². The van der Waals surface area contributed by atoms with Gasteiger partial charge in [0.25, 0.3) is 0 Å². The maximum atomic E-state index is 13.5. The van der Waals surface area contributed by atoms with E-state index in [9.17, 15) is 4.39 Å². The van der Waals surface area contributed by atoms with E-state index in [0.717, 1.165) is 10.8 Å². The maximum Gasteiger partial charge on any atom is 0.129 e. The monoisotopic (exact) mass is 338 g/mol. The normalized spacial score (nSPS) is 12.7. The summed E-state index contributed by atoms with van der Waals surface area (Å²) >= 11 is 2.21. The molecular formula is C12H16FIO2. The molecule has 0 aromatic heterocycles. The van der Waals surface area contributed by atoms with Crippen LogP contribution in [0, 0.1) is 5.82 Å². The fourth-order valence-electron chi connectivity index (χ4n) is 1.38. The third-order valence-corrected chi connectivity index (χ3v) is 3.00. The third-order valence-electron chi connectivity index (χ3n) is 2.20. The summed E-state index contributed by atoms with van der Waals surface area (Å²) in [5.74, 6) is -0.198. The van der Waals surface area contributed by atoms with Crippen LogP contribution in [-0.4, -0.2) is 24.8 Å². The number of ether oxygens (including phenoxy) is 2. The van der Waals surface area contributed by atoms with Gasteiger partial charge in [-0.15, -0.1) is 0 Å². The van der Waals surface area contributed by atoms with Crippen molar-refractivity contribution >= 4 is 22.6 Å². The predicted octanol–water partition coefficient (Wildman–Crippen LogP) is 3.35. The number of hydrogen-bond donors (Lipinski definition) is 0. The lowest BCUT2D eigenvalue weighted by Gasteiger charge is -2.16. The molecule has 0 spiro atoms. The molecule has 0 radical (unpaired) electrons. The lowest BCUT2D eigenvalue weighted by Crippen LogP contribution is -2.10. The Hall–Kier alpha value is -0.200. The molecule has 0 amide bonds. The molecule has 0 heterocycles. The summed E-state index contributed by atoms with van der Waals surface area (Å²) in [5.41, 5.74) is 0.634. The number of methoxy groups -OCH3 is 1. The average Bonchev–Trinajstić information content (AvgIpc) is 2.31. The highest BCUT2D eigenvalue weighted by Gasteiger charge is 2.14. The van der Waals surface area contributed by atoms with E-state index in [1.807, 2.05) is 6.07 Å². The van der Waals surface area contributed by atoms with Gasteiger partial charge in [-0.3, -0.25) is 0 Å². The molecule has 0 fully saturated rings. The van der Waals surface area contributed by atoms with Crippen molar-refractivity contribution in [2.45, 2.75) is 12.5 Å². The highest BCUT2D eigenvalue weighted by molar-refractivity contribution is 14.1. The largest absolute Gasteiger partial charge is 0.385 e. The molecule has 1 aromatic carbocycles. The number of rotatable bonds is 7. The molecule has 0 saturated carbocycles. The summed E-state index contributed by atoms with van der Waals surface area (Å²) in [6.45, 7) is 1.26. The zero-order valence-corrected chi connectivity index (χ0v) is 11.4. The Morgan fingerprint density at radius 1 is 1.31 bits per heavy atom. The van der Waals surface area contributed by atoms with Crippen LogP contribution in [0.1, 0.15) is 18.1 Å². The molecule has 1 atom stereocenters. The van der Waals surface area contributed by atoms with E-state index in [-0.39, 0.29) is 11.9 Å². The van der Waals surface area contributed by atoms with Crippen LogP contribution in [0.2, 0.25) is 0 Å². The Kier molecular flexibility index (Phi) is 6.91. The Labute approximate surface area is 109 Å². The standard InChI is InChI=1S/C12H16FIO2/c1-15-7-4-8-16-12(9-14)10-5-2-3-6-11(10)13/h2-3,5-6,12H,4,7-9H2,1H3. The molecule has 16 heavy (non-hydrogen) atoms. The third kappa shape index (κ3) is 4.35. The van der Waals surface area contributed by atoms with Crippen LogP contribution in [0.5, 0.6) is 0 Å². The van der Waals surface area contributed by atoms with Gasteiger partial charge in [-0.05, 0) is 12.5 Å². The summed E-state index contributed by atoms with van der Waals surface area (Å²) < 4.78 is 24.8. The van der Waals surface area contributed by atoms with E-state index in [1.165, 1.54) is 6.07 Å². The van der Waals surface area contributed by atoms with Crippen LogP contribution >= 0.6 is 22.6 Å². The summed E-state index contributed by atoms with van der Waals surface area (Å²) in [5, 5.41) is 0. The second-order valence-electron chi connectivity index (χ2n) is 3.38. The first-order chi connectivity index (χ1) is 7.79. The van der Waals surface area contributed by atoms with Crippen LogP contribution in [0.3, 0.4) is 0 Å². The number of alkyl halides is 1.